The first kappa shape index (κ1) is 57.9. The fourth-order valence-electron chi connectivity index (χ4n) is 11.0. The van der Waals surface area contributed by atoms with Gasteiger partial charge in [0.2, 0.25) is 0 Å². The van der Waals surface area contributed by atoms with Gasteiger partial charge in [0.05, 0.1) is 55.2 Å². The second kappa shape index (κ2) is 26.3. The third kappa shape index (κ3) is 15.1. The van der Waals surface area contributed by atoms with Crippen LogP contribution in [0.1, 0.15) is 107 Å². The van der Waals surface area contributed by atoms with Crippen LogP contribution in [0.4, 0.5) is 0 Å². The molecule has 398 valence electrons. The van der Waals surface area contributed by atoms with Crippen LogP contribution in [0.5, 0.6) is 0 Å². The number of hydrogen-bond acceptors (Lipinski definition) is 18. The Balaban J connectivity index is 1.44. The largest absolute Gasteiger partial charge is 0.462 e. The highest BCUT2D eigenvalue weighted by molar-refractivity contribution is 5.91. The molecule has 0 radical (unpaired) electrons. The quantitative estimate of drug-likeness (QED) is 0.158. The van der Waals surface area contributed by atoms with Gasteiger partial charge in [-0.1, -0.05) is 44.9 Å². The average Bonchev–Trinajstić information content (AvgIpc) is 3.30. The number of aliphatic hydroxyl groups excluding tert-OH is 4. The van der Waals surface area contributed by atoms with Gasteiger partial charge >= 0.3 is 5.97 Å². The van der Waals surface area contributed by atoms with E-state index < -0.39 is 127 Å². The summed E-state index contributed by atoms with van der Waals surface area (Å²) >= 11 is 0. The fourth-order valence-corrected chi connectivity index (χ4v) is 11.0. The van der Waals surface area contributed by atoms with Crippen LogP contribution in [0.15, 0.2) is 23.8 Å². The smallest absolute Gasteiger partial charge is 0.308 e. The molecule has 0 unspecified atom stereocenters. The number of piperidine rings is 1. The number of ether oxygens (including phenoxy) is 9. The number of rotatable bonds is 14. The van der Waals surface area contributed by atoms with Crippen LogP contribution in [0, 0.1) is 23.7 Å². The summed E-state index contributed by atoms with van der Waals surface area (Å²) in [4.78, 5) is 32.4. The first-order valence-corrected chi connectivity index (χ1v) is 25.5. The van der Waals surface area contributed by atoms with Crippen molar-refractivity contribution >= 4 is 11.8 Å². The second-order valence-corrected chi connectivity index (χ2v) is 21.0. The van der Waals surface area contributed by atoms with Gasteiger partial charge in [0.15, 0.2) is 24.7 Å². The van der Waals surface area contributed by atoms with E-state index in [1.54, 1.807) is 26.0 Å². The second-order valence-electron chi connectivity index (χ2n) is 21.0. The molecule has 5 N–H and O–H groups in total. The maximum absolute atomic E-state index is 14.1. The average molecular weight is 985 g/mol. The molecule has 0 saturated carbocycles. The van der Waals surface area contributed by atoms with Crippen LogP contribution in [-0.2, 0) is 52.2 Å². The number of likely N-dealkylation sites (tertiary alicyclic amines) is 1. The zero-order valence-electron chi connectivity index (χ0n) is 43.4. The maximum atomic E-state index is 14.1. The molecule has 0 aromatic carbocycles. The van der Waals surface area contributed by atoms with E-state index >= 15 is 0 Å². The Morgan fingerprint density at radius 3 is 2.12 bits per heavy atom. The Labute approximate surface area is 410 Å². The SMILES string of the molecule is CC[C@H]1OC(=O)C[C@@H](O)[C@H](C)[C@@H](O[C@@H]2O[C@H](C)[C@@H](O[C@H]3C[C@@](C)(O)[C@@H](O)[C@H](C)O3)[C@H](N(C)C)[C@H]2O)[C@@H](CCN2CCCCC2)C[C@@H](C)C(=O)/C=C\C(C)=C/[C@@H]1CO[C@@H]1O[C@H](C)[C@@H](O)[C@@H](OC)[C@H]1OC. The van der Waals surface area contributed by atoms with Crippen LogP contribution < -0.4 is 0 Å². The minimum Gasteiger partial charge on any atom is -0.462 e. The summed E-state index contributed by atoms with van der Waals surface area (Å²) in [7, 11) is 6.60. The number of allylic oxidation sites excluding steroid dienone is 3. The first-order chi connectivity index (χ1) is 32.6. The number of aliphatic hydroxyl groups is 5. The highest BCUT2D eigenvalue weighted by atomic mass is 16.7. The van der Waals surface area contributed by atoms with Gasteiger partial charge in [-0.05, 0) is 112 Å². The van der Waals surface area contributed by atoms with E-state index in [1.165, 1.54) is 27.6 Å². The summed E-state index contributed by atoms with van der Waals surface area (Å²) < 4.78 is 55.7. The number of methoxy groups -OCH3 is 2. The number of ketones is 1. The topological polar surface area (TPSA) is 225 Å². The van der Waals surface area contributed by atoms with E-state index in [0.29, 0.717) is 19.3 Å². The van der Waals surface area contributed by atoms with Crippen molar-refractivity contribution in [1.82, 2.24) is 9.80 Å². The number of cyclic esters (lactones) is 1. The molecule has 18 heteroatoms. The molecule has 69 heavy (non-hydrogen) atoms. The van der Waals surface area contributed by atoms with E-state index in [0.717, 1.165) is 38.0 Å². The molecule has 5 aliphatic rings. The maximum Gasteiger partial charge on any atom is 0.308 e. The summed E-state index contributed by atoms with van der Waals surface area (Å²) in [5, 5.41) is 56.6. The van der Waals surface area contributed by atoms with Crippen molar-refractivity contribution < 1.29 is 77.8 Å². The zero-order valence-corrected chi connectivity index (χ0v) is 43.4. The Kier molecular flexibility index (Phi) is 22.1. The van der Waals surface area contributed by atoms with Gasteiger partial charge in [0, 0.05) is 38.4 Å². The molecule has 5 heterocycles. The molecule has 5 rings (SSSR count). The van der Waals surface area contributed by atoms with Gasteiger partial charge in [-0.25, -0.2) is 0 Å². The van der Waals surface area contributed by atoms with Crippen molar-refractivity contribution in [3.63, 3.8) is 0 Å². The van der Waals surface area contributed by atoms with Gasteiger partial charge < -0.3 is 78.0 Å². The lowest BCUT2D eigenvalue weighted by Gasteiger charge is -2.50. The third-order valence-corrected chi connectivity index (χ3v) is 15.3. The minimum absolute atomic E-state index is 0.00347. The number of likely N-dealkylation sites (N-methyl/N-ethyl adjacent to an activating group) is 1. The molecule has 4 fully saturated rings. The van der Waals surface area contributed by atoms with Crippen molar-refractivity contribution in [3.05, 3.63) is 23.8 Å². The number of carbonyl (C=O) groups excluding carboxylic acids is 2. The zero-order chi connectivity index (χ0) is 50.9. The Hall–Kier alpha value is -1.98. The predicted octanol–water partition coefficient (Wildman–Crippen LogP) is 3.12. The fraction of sp³-hybridized carbons (Fsp3) is 0.882. The molecule has 0 aliphatic carbocycles. The number of nitrogens with zero attached hydrogens (tertiary/aromatic N) is 2. The van der Waals surface area contributed by atoms with Crippen LogP contribution >= 0.6 is 0 Å². The van der Waals surface area contributed by atoms with Gasteiger partial charge in [-0.3, -0.25) is 9.59 Å². The van der Waals surface area contributed by atoms with Crippen LogP contribution in [0.25, 0.3) is 0 Å². The standard InChI is InChI=1S/C51H88N2O16/c1-13-38-35(27-63-50-47(62-12)46(61-11)42(57)31(5)65-50)23-28(2)17-18-36(54)29(3)24-34(19-22-53-20-15-14-16-21-53)44(30(4)37(55)25-39(56)67-38)69-49-43(58)41(52(9)10)45(32(6)66-49)68-40-26-51(8,60)48(59)33(7)64-40/h17-18,23,29-35,37-38,40-50,55,57-60H,13-16,19-22,24-27H2,1-12H3/b18-17-,28-23-/t29-,30+,31-,32-,33+,34+,35-,37-,38-,40+,41-,42-,43-,44-,45-,46-,47-,48+,49+,50-,51-/m1/s1. The van der Waals surface area contributed by atoms with E-state index in [1.807, 2.05) is 59.7 Å². The molecule has 4 saturated heterocycles. The van der Waals surface area contributed by atoms with Crippen molar-refractivity contribution in [2.75, 3.05) is 54.6 Å². The number of esters is 1. The van der Waals surface area contributed by atoms with Gasteiger partial charge in [0.25, 0.3) is 0 Å². The molecule has 21 atom stereocenters. The first-order valence-electron chi connectivity index (χ1n) is 25.5. The Bertz CT molecular complexity index is 1660. The molecule has 0 aromatic heterocycles. The van der Waals surface area contributed by atoms with Crippen LogP contribution in [0.2, 0.25) is 0 Å². The van der Waals surface area contributed by atoms with E-state index in [9.17, 15) is 35.1 Å². The predicted molar refractivity (Wildman–Crippen MR) is 255 cm³/mol. The number of carbonyl (C=O) groups is 2. The minimum atomic E-state index is -1.47. The molecular weight excluding hydrogens is 897 g/mol. The monoisotopic (exact) mass is 985 g/mol. The summed E-state index contributed by atoms with van der Waals surface area (Å²) in [6.45, 7) is 16.9. The van der Waals surface area contributed by atoms with E-state index in [2.05, 4.69) is 4.90 Å². The van der Waals surface area contributed by atoms with Crippen molar-refractivity contribution in [1.29, 1.82) is 0 Å². The molecule has 5 aliphatic heterocycles. The molecule has 0 bridgehead atoms. The summed E-state index contributed by atoms with van der Waals surface area (Å²) in [5.74, 6) is -2.72. The van der Waals surface area contributed by atoms with Crippen molar-refractivity contribution in [2.24, 2.45) is 23.7 Å². The molecule has 0 aromatic rings. The number of hydrogen-bond donors (Lipinski definition) is 5. The lowest BCUT2D eigenvalue weighted by molar-refractivity contribution is -0.342. The molecule has 0 amide bonds. The van der Waals surface area contributed by atoms with Crippen LogP contribution in [-0.4, -0.2) is 205 Å². The molecule has 18 nitrogen and oxygen atoms in total. The van der Waals surface area contributed by atoms with Gasteiger partial charge in [-0.15, -0.1) is 0 Å². The normalized spacial score (nSPS) is 45.2. The Morgan fingerprint density at radius 1 is 0.826 bits per heavy atom. The van der Waals surface area contributed by atoms with Gasteiger partial charge in [-0.2, -0.15) is 0 Å². The summed E-state index contributed by atoms with van der Waals surface area (Å²) in [6.07, 6.45) is -3.68. The highest BCUT2D eigenvalue weighted by Crippen LogP contribution is 2.38. The third-order valence-electron chi connectivity index (χ3n) is 15.3. The lowest BCUT2D eigenvalue weighted by atomic mass is 9.79. The van der Waals surface area contributed by atoms with Crippen molar-refractivity contribution in [2.45, 2.75) is 211 Å². The Morgan fingerprint density at radius 2 is 1.49 bits per heavy atom. The molecular formula is C51H88N2O16. The van der Waals surface area contributed by atoms with Crippen molar-refractivity contribution in [3.8, 4) is 0 Å². The summed E-state index contributed by atoms with van der Waals surface area (Å²) in [6, 6.07) is -0.686. The molecule has 0 spiro atoms. The van der Waals surface area contributed by atoms with Crippen LogP contribution in [0.3, 0.4) is 0 Å². The van der Waals surface area contributed by atoms with E-state index in [-0.39, 0.29) is 31.1 Å². The van der Waals surface area contributed by atoms with Gasteiger partial charge in [0.1, 0.15) is 42.7 Å². The van der Waals surface area contributed by atoms with E-state index in [4.69, 9.17) is 42.6 Å². The highest BCUT2D eigenvalue weighted by Gasteiger charge is 2.52. The summed E-state index contributed by atoms with van der Waals surface area (Å²) in [5.41, 5.74) is -0.720. The lowest BCUT2D eigenvalue weighted by Crippen LogP contribution is -2.65.